The molecular weight excluding hydrogens is 332 g/mol. The summed E-state index contributed by atoms with van der Waals surface area (Å²) in [6.07, 6.45) is 6.25. The van der Waals surface area contributed by atoms with E-state index in [2.05, 4.69) is 20.9 Å². The third-order valence-electron chi connectivity index (χ3n) is 4.19. The van der Waals surface area contributed by atoms with Gasteiger partial charge in [-0.15, -0.1) is 11.3 Å². The van der Waals surface area contributed by atoms with Gasteiger partial charge in [-0.05, 0) is 37.1 Å². The number of hydrogen-bond acceptors (Lipinski definition) is 7. The van der Waals surface area contributed by atoms with Crippen molar-refractivity contribution in [1.82, 2.24) is 14.9 Å². The summed E-state index contributed by atoms with van der Waals surface area (Å²) in [5.41, 5.74) is 16.2. The molecule has 0 saturated carbocycles. The molecule has 0 unspecified atom stereocenters. The maximum absolute atomic E-state index is 8.81. The van der Waals surface area contributed by atoms with Crippen LogP contribution in [0.1, 0.15) is 23.2 Å². The van der Waals surface area contributed by atoms with E-state index in [1.54, 1.807) is 17.4 Å². The molecule has 0 saturated heterocycles. The zero-order valence-corrected chi connectivity index (χ0v) is 15.1. The van der Waals surface area contributed by atoms with Gasteiger partial charge in [-0.3, -0.25) is 4.98 Å². The number of allylic oxidation sites excluding steroid dienone is 3. The lowest BCUT2D eigenvalue weighted by Crippen LogP contribution is -2.34. The molecule has 1 aliphatic heterocycles. The highest BCUT2D eigenvalue weighted by Crippen LogP contribution is 2.29. The van der Waals surface area contributed by atoms with Gasteiger partial charge in [-0.25, -0.2) is 4.98 Å². The van der Waals surface area contributed by atoms with Crippen LogP contribution in [0.15, 0.2) is 41.6 Å². The van der Waals surface area contributed by atoms with E-state index in [9.17, 15) is 0 Å². The van der Waals surface area contributed by atoms with Gasteiger partial charge in [0, 0.05) is 43.2 Å². The van der Waals surface area contributed by atoms with Crippen molar-refractivity contribution in [3.8, 4) is 16.5 Å². The highest BCUT2D eigenvalue weighted by molar-refractivity contribution is 7.15. The molecule has 0 aromatic carbocycles. The minimum absolute atomic E-state index is 0.155. The molecule has 7 heteroatoms. The van der Waals surface area contributed by atoms with E-state index >= 15 is 0 Å². The second kappa shape index (κ2) is 6.95. The second-order valence-corrected chi connectivity index (χ2v) is 7.26. The number of fused-ring (bicyclic) bond motifs is 1. The van der Waals surface area contributed by atoms with E-state index < -0.39 is 0 Å². The number of aryl methyl sites for hydroxylation is 1. The summed E-state index contributed by atoms with van der Waals surface area (Å²) in [4.78, 5) is 12.2. The van der Waals surface area contributed by atoms with Gasteiger partial charge in [-0.1, -0.05) is 0 Å². The summed E-state index contributed by atoms with van der Waals surface area (Å²) >= 11 is 1.66. The van der Waals surface area contributed by atoms with Crippen LogP contribution < -0.4 is 11.5 Å². The van der Waals surface area contributed by atoms with Crippen molar-refractivity contribution in [3.05, 3.63) is 57.9 Å². The summed E-state index contributed by atoms with van der Waals surface area (Å²) in [5.74, 6) is 0.642. The number of thiazole rings is 1. The van der Waals surface area contributed by atoms with Crippen LogP contribution in [0.2, 0.25) is 0 Å². The van der Waals surface area contributed by atoms with E-state index in [4.69, 9.17) is 16.7 Å². The van der Waals surface area contributed by atoms with Gasteiger partial charge in [0.1, 0.15) is 17.6 Å². The van der Waals surface area contributed by atoms with E-state index in [1.807, 2.05) is 32.3 Å². The molecule has 3 rings (SSSR count). The van der Waals surface area contributed by atoms with Crippen LogP contribution in [0.5, 0.6) is 0 Å². The molecule has 4 N–H and O–H groups in total. The molecule has 0 aliphatic carbocycles. The van der Waals surface area contributed by atoms with Crippen LogP contribution in [-0.4, -0.2) is 21.4 Å². The SMILES string of the molecule is CC(/C=C(\N)C#N)=C(/N)N1CCc2ncc(-c3cnc(C)s3)cc2C1. The normalized spacial score (nSPS) is 15.4. The standard InChI is InChI=1S/C18H20N6S/c1-11(5-15(20)7-19)18(21)24-4-3-16-14(10-24)6-13(8-23-16)17-9-22-12(2)25-17/h5-6,8-9H,3-4,10,20-21H2,1-2H3/b15-5-,18-11+. The molecule has 2 aromatic heterocycles. The van der Waals surface area contributed by atoms with Crippen LogP contribution in [0.3, 0.4) is 0 Å². The summed E-state index contributed by atoms with van der Waals surface area (Å²) in [6.45, 7) is 5.35. The zero-order chi connectivity index (χ0) is 18.0. The number of aromatic nitrogens is 2. The molecular formula is C18H20N6S. The van der Waals surface area contributed by atoms with Crippen molar-refractivity contribution in [2.45, 2.75) is 26.8 Å². The van der Waals surface area contributed by atoms with E-state index in [0.29, 0.717) is 12.4 Å². The first-order valence-corrected chi connectivity index (χ1v) is 8.78. The Morgan fingerprint density at radius 3 is 2.84 bits per heavy atom. The molecule has 6 nitrogen and oxygen atoms in total. The fraction of sp³-hybridized carbons (Fsp3) is 0.278. The van der Waals surface area contributed by atoms with Crippen molar-refractivity contribution in [2.75, 3.05) is 6.54 Å². The monoisotopic (exact) mass is 352 g/mol. The first-order chi connectivity index (χ1) is 12.0. The Balaban J connectivity index is 1.88. The molecule has 0 fully saturated rings. The summed E-state index contributed by atoms with van der Waals surface area (Å²) in [6, 6.07) is 4.08. The number of nitrogens with two attached hydrogens (primary N) is 2. The largest absolute Gasteiger partial charge is 0.390 e. The fourth-order valence-electron chi connectivity index (χ4n) is 2.85. The van der Waals surface area contributed by atoms with E-state index in [1.165, 1.54) is 5.56 Å². The predicted molar refractivity (Wildman–Crippen MR) is 99.0 cm³/mol. The topological polar surface area (TPSA) is 105 Å². The number of rotatable bonds is 3. The van der Waals surface area contributed by atoms with Crippen LogP contribution in [0.4, 0.5) is 0 Å². The molecule has 128 valence electrons. The average molecular weight is 352 g/mol. The molecule has 3 heterocycles. The average Bonchev–Trinajstić information content (AvgIpc) is 3.06. The van der Waals surface area contributed by atoms with E-state index in [-0.39, 0.29) is 5.70 Å². The maximum atomic E-state index is 8.81. The van der Waals surface area contributed by atoms with Crippen LogP contribution in [-0.2, 0) is 13.0 Å². The summed E-state index contributed by atoms with van der Waals surface area (Å²) < 4.78 is 0. The third kappa shape index (κ3) is 3.64. The van der Waals surface area contributed by atoms with Crippen molar-refractivity contribution < 1.29 is 0 Å². The van der Waals surface area contributed by atoms with Gasteiger partial charge in [0.2, 0.25) is 0 Å². The van der Waals surface area contributed by atoms with Crippen molar-refractivity contribution in [1.29, 1.82) is 5.26 Å². The molecule has 0 spiro atoms. The predicted octanol–water partition coefficient (Wildman–Crippen LogP) is 2.43. The highest BCUT2D eigenvalue weighted by atomic mass is 32.1. The highest BCUT2D eigenvalue weighted by Gasteiger charge is 2.20. The van der Waals surface area contributed by atoms with Gasteiger partial charge in [-0.2, -0.15) is 5.26 Å². The number of pyridine rings is 1. The maximum Gasteiger partial charge on any atom is 0.117 e. The van der Waals surface area contributed by atoms with Crippen LogP contribution >= 0.6 is 11.3 Å². The molecule has 2 aromatic rings. The van der Waals surface area contributed by atoms with E-state index in [0.717, 1.165) is 39.7 Å². The van der Waals surface area contributed by atoms with Crippen LogP contribution in [0, 0.1) is 18.3 Å². The summed E-state index contributed by atoms with van der Waals surface area (Å²) in [5, 5.41) is 9.85. The first-order valence-electron chi connectivity index (χ1n) is 7.97. The smallest absolute Gasteiger partial charge is 0.117 e. The molecule has 0 amide bonds. The van der Waals surface area contributed by atoms with Gasteiger partial charge in [0.25, 0.3) is 0 Å². The molecule has 0 radical (unpaired) electrons. The van der Waals surface area contributed by atoms with Gasteiger partial charge >= 0.3 is 0 Å². The summed E-state index contributed by atoms with van der Waals surface area (Å²) in [7, 11) is 0. The zero-order valence-electron chi connectivity index (χ0n) is 14.3. The number of hydrogen-bond donors (Lipinski definition) is 2. The third-order valence-corrected chi connectivity index (χ3v) is 5.15. The second-order valence-electron chi connectivity index (χ2n) is 6.02. The molecule has 0 bridgehead atoms. The van der Waals surface area contributed by atoms with Crippen molar-refractivity contribution in [2.24, 2.45) is 11.5 Å². The lowest BCUT2D eigenvalue weighted by atomic mass is 10.0. The van der Waals surface area contributed by atoms with Crippen LogP contribution in [0.25, 0.3) is 10.4 Å². The van der Waals surface area contributed by atoms with Gasteiger partial charge < -0.3 is 16.4 Å². The Bertz CT molecular complexity index is 903. The Kier molecular flexibility index (Phi) is 4.72. The Labute approximate surface area is 151 Å². The Morgan fingerprint density at radius 2 is 2.16 bits per heavy atom. The lowest BCUT2D eigenvalue weighted by Gasteiger charge is -2.31. The first kappa shape index (κ1) is 17.0. The van der Waals surface area contributed by atoms with Crippen molar-refractivity contribution >= 4 is 11.3 Å². The quantitative estimate of drug-likeness (QED) is 0.649. The fourth-order valence-corrected chi connectivity index (χ4v) is 3.61. The lowest BCUT2D eigenvalue weighted by molar-refractivity contribution is 0.313. The van der Waals surface area contributed by atoms with Gasteiger partial charge in [0.15, 0.2) is 0 Å². The minimum atomic E-state index is 0.155. The molecule has 0 atom stereocenters. The Morgan fingerprint density at radius 1 is 1.36 bits per heavy atom. The molecule has 1 aliphatic rings. The number of nitriles is 1. The molecule has 25 heavy (non-hydrogen) atoms. The van der Waals surface area contributed by atoms with Crippen molar-refractivity contribution in [3.63, 3.8) is 0 Å². The van der Waals surface area contributed by atoms with Gasteiger partial charge in [0.05, 0.1) is 9.88 Å². The number of nitrogens with zero attached hydrogens (tertiary/aromatic N) is 4. The Hall–Kier alpha value is -2.85. The minimum Gasteiger partial charge on any atom is -0.390 e.